The lowest BCUT2D eigenvalue weighted by Gasteiger charge is -2.20. The van der Waals surface area contributed by atoms with Crippen LogP contribution >= 0.6 is 27.3 Å². The number of halogens is 1. The molecule has 2 atom stereocenters. The van der Waals surface area contributed by atoms with Crippen molar-refractivity contribution in [2.75, 3.05) is 0 Å². The highest BCUT2D eigenvalue weighted by atomic mass is 79.9. The molecule has 0 radical (unpaired) electrons. The molecular weight excluding hydrogens is 308 g/mol. The average Bonchev–Trinajstić information content (AvgIpc) is 2.76. The Bertz CT molecular complexity index is 524. The Morgan fingerprint density at radius 1 is 1.22 bits per heavy atom. The van der Waals surface area contributed by atoms with Crippen molar-refractivity contribution in [1.29, 1.82) is 0 Å². The summed E-state index contributed by atoms with van der Waals surface area (Å²) in [7, 11) is 0. The van der Waals surface area contributed by atoms with Crippen LogP contribution in [0.2, 0.25) is 0 Å². The molecule has 2 nitrogen and oxygen atoms in total. The van der Waals surface area contributed by atoms with Gasteiger partial charge in [0.1, 0.15) is 0 Å². The molecule has 18 heavy (non-hydrogen) atoms. The van der Waals surface area contributed by atoms with Crippen molar-refractivity contribution in [1.82, 2.24) is 10.3 Å². The van der Waals surface area contributed by atoms with Gasteiger partial charge in [-0.05, 0) is 32.4 Å². The summed E-state index contributed by atoms with van der Waals surface area (Å²) >= 11 is 5.29. The second-order valence-corrected chi connectivity index (χ2v) is 6.34. The van der Waals surface area contributed by atoms with Gasteiger partial charge in [-0.25, -0.2) is 4.98 Å². The van der Waals surface area contributed by atoms with Crippen LogP contribution < -0.4 is 5.32 Å². The minimum atomic E-state index is 0.261. The molecule has 0 fully saturated rings. The molecule has 0 amide bonds. The zero-order valence-electron chi connectivity index (χ0n) is 10.8. The lowest BCUT2D eigenvalue weighted by atomic mass is 10.1. The Hall–Kier alpha value is -0.710. The molecule has 2 unspecified atom stereocenters. The van der Waals surface area contributed by atoms with E-state index in [9.17, 15) is 0 Å². The lowest BCUT2D eigenvalue weighted by molar-refractivity contribution is 0.486. The summed E-state index contributed by atoms with van der Waals surface area (Å²) < 4.78 is 1.15. The molecule has 2 rings (SSSR count). The van der Waals surface area contributed by atoms with Gasteiger partial charge in [-0.15, -0.1) is 11.3 Å². The predicted molar refractivity (Wildman–Crippen MR) is 81.0 cm³/mol. The van der Waals surface area contributed by atoms with Gasteiger partial charge in [0.15, 0.2) is 0 Å². The molecule has 1 aromatic carbocycles. The van der Waals surface area contributed by atoms with Gasteiger partial charge >= 0.3 is 0 Å². The number of nitrogens with one attached hydrogen (secondary N) is 1. The number of rotatable bonds is 4. The van der Waals surface area contributed by atoms with E-state index in [2.05, 4.69) is 63.7 Å². The van der Waals surface area contributed by atoms with E-state index in [1.165, 1.54) is 5.56 Å². The first kappa shape index (κ1) is 13.7. The summed E-state index contributed by atoms with van der Waals surface area (Å²) in [6, 6.07) is 8.87. The van der Waals surface area contributed by atoms with Gasteiger partial charge in [0.05, 0.1) is 10.7 Å². The first-order valence-electron chi connectivity index (χ1n) is 6.00. The third-order valence-electron chi connectivity index (χ3n) is 2.95. The summed E-state index contributed by atoms with van der Waals surface area (Å²) in [5, 5.41) is 6.82. The minimum absolute atomic E-state index is 0.261. The van der Waals surface area contributed by atoms with E-state index in [0.29, 0.717) is 0 Å². The Balaban J connectivity index is 2.08. The summed E-state index contributed by atoms with van der Waals surface area (Å²) in [6.07, 6.45) is 0. The van der Waals surface area contributed by atoms with Gasteiger partial charge in [0.2, 0.25) is 0 Å². The summed E-state index contributed by atoms with van der Waals surface area (Å²) in [5.41, 5.74) is 2.40. The number of aryl methyl sites for hydroxylation is 1. The maximum atomic E-state index is 4.52. The zero-order valence-corrected chi connectivity index (χ0v) is 13.2. The number of thiazole rings is 1. The molecule has 96 valence electrons. The van der Waals surface area contributed by atoms with E-state index in [1.54, 1.807) is 11.3 Å². The predicted octanol–water partition coefficient (Wildman–Crippen LogP) is 4.63. The minimum Gasteiger partial charge on any atom is -0.302 e. The van der Waals surface area contributed by atoms with E-state index in [0.717, 1.165) is 15.2 Å². The van der Waals surface area contributed by atoms with Crippen molar-refractivity contribution in [3.63, 3.8) is 0 Å². The fraction of sp³-hybridized carbons (Fsp3) is 0.357. The smallest absolute Gasteiger partial charge is 0.0898 e. The molecule has 1 aromatic heterocycles. The lowest BCUT2D eigenvalue weighted by Crippen LogP contribution is -2.23. The van der Waals surface area contributed by atoms with Crippen molar-refractivity contribution in [3.05, 3.63) is 50.4 Å². The molecule has 0 saturated carbocycles. The molecule has 0 bridgehead atoms. The van der Waals surface area contributed by atoms with Crippen molar-refractivity contribution in [2.45, 2.75) is 32.9 Å². The molecule has 0 spiro atoms. The van der Waals surface area contributed by atoms with Crippen LogP contribution in [0.4, 0.5) is 0 Å². The van der Waals surface area contributed by atoms with Crippen molar-refractivity contribution >= 4 is 27.3 Å². The Kier molecular flexibility index (Phi) is 4.54. The normalized spacial score (nSPS) is 14.4. The molecule has 1 N–H and O–H groups in total. The molecule has 0 saturated heterocycles. The van der Waals surface area contributed by atoms with Crippen molar-refractivity contribution < 1.29 is 0 Å². The van der Waals surface area contributed by atoms with Gasteiger partial charge in [-0.1, -0.05) is 34.1 Å². The van der Waals surface area contributed by atoms with Gasteiger partial charge in [0, 0.05) is 21.9 Å². The Morgan fingerprint density at radius 3 is 2.56 bits per heavy atom. The van der Waals surface area contributed by atoms with E-state index in [1.807, 2.05) is 13.0 Å². The van der Waals surface area contributed by atoms with Gasteiger partial charge in [-0.3, -0.25) is 0 Å². The number of benzene rings is 1. The van der Waals surface area contributed by atoms with Crippen molar-refractivity contribution in [2.24, 2.45) is 0 Å². The highest BCUT2D eigenvalue weighted by Crippen LogP contribution is 2.25. The van der Waals surface area contributed by atoms with Crippen LogP contribution in [0.15, 0.2) is 34.1 Å². The summed E-state index contributed by atoms with van der Waals surface area (Å²) in [4.78, 5) is 4.52. The topological polar surface area (TPSA) is 24.9 Å². The third-order valence-corrected chi connectivity index (χ3v) is 4.47. The van der Waals surface area contributed by atoms with E-state index < -0.39 is 0 Å². The van der Waals surface area contributed by atoms with Crippen LogP contribution in [0.1, 0.15) is 42.2 Å². The van der Waals surface area contributed by atoms with Gasteiger partial charge in [-0.2, -0.15) is 0 Å². The van der Waals surface area contributed by atoms with Gasteiger partial charge < -0.3 is 5.32 Å². The van der Waals surface area contributed by atoms with Crippen molar-refractivity contribution in [3.8, 4) is 0 Å². The van der Waals surface area contributed by atoms with E-state index in [4.69, 9.17) is 0 Å². The molecule has 0 aliphatic rings. The average molecular weight is 325 g/mol. The monoisotopic (exact) mass is 324 g/mol. The zero-order chi connectivity index (χ0) is 13.1. The number of hydrogen-bond donors (Lipinski definition) is 1. The number of hydrogen-bond acceptors (Lipinski definition) is 3. The Morgan fingerprint density at radius 2 is 1.94 bits per heavy atom. The van der Waals surface area contributed by atoms with Gasteiger partial charge in [0.25, 0.3) is 0 Å². The fourth-order valence-electron chi connectivity index (χ4n) is 1.96. The highest BCUT2D eigenvalue weighted by molar-refractivity contribution is 9.10. The number of aromatic nitrogens is 1. The fourth-order valence-corrected chi connectivity index (χ4v) is 3.29. The van der Waals surface area contributed by atoms with Crippen LogP contribution in [0.3, 0.4) is 0 Å². The van der Waals surface area contributed by atoms with Crippen LogP contribution in [0.25, 0.3) is 0 Å². The standard InChI is InChI=1S/C14H17BrN2S/c1-9(12-6-4-5-7-13(12)15)16-10(2)14-8-18-11(3)17-14/h4-10,16H,1-3H3. The molecule has 4 heteroatoms. The number of nitrogens with zero attached hydrogens (tertiary/aromatic N) is 1. The third kappa shape index (κ3) is 3.19. The molecule has 0 aliphatic carbocycles. The Labute approximate surface area is 121 Å². The maximum absolute atomic E-state index is 4.52. The molecule has 2 aromatic rings. The second kappa shape index (κ2) is 5.95. The highest BCUT2D eigenvalue weighted by Gasteiger charge is 2.14. The first-order chi connectivity index (χ1) is 8.58. The molecular formula is C14H17BrN2S. The van der Waals surface area contributed by atoms with Crippen LogP contribution in [0.5, 0.6) is 0 Å². The largest absolute Gasteiger partial charge is 0.302 e. The molecule has 0 aliphatic heterocycles. The summed E-state index contributed by atoms with van der Waals surface area (Å²) in [6.45, 7) is 6.37. The SMILES string of the molecule is Cc1nc(C(C)NC(C)c2ccccc2Br)cs1. The quantitative estimate of drug-likeness (QED) is 0.887. The van der Waals surface area contributed by atoms with Crippen LogP contribution in [0, 0.1) is 6.92 Å². The maximum Gasteiger partial charge on any atom is 0.0898 e. The molecule has 1 heterocycles. The van der Waals surface area contributed by atoms with Crippen LogP contribution in [-0.2, 0) is 0 Å². The summed E-state index contributed by atoms with van der Waals surface area (Å²) in [5.74, 6) is 0. The first-order valence-corrected chi connectivity index (χ1v) is 7.67. The van der Waals surface area contributed by atoms with Crippen LogP contribution in [-0.4, -0.2) is 4.98 Å². The van der Waals surface area contributed by atoms with E-state index >= 15 is 0 Å². The second-order valence-electron chi connectivity index (χ2n) is 4.42. The van der Waals surface area contributed by atoms with E-state index in [-0.39, 0.29) is 12.1 Å².